The second-order valence-electron chi connectivity index (χ2n) is 3.94. The molecule has 0 unspecified atom stereocenters. The van der Waals surface area contributed by atoms with Gasteiger partial charge in [0.25, 0.3) is 5.69 Å². The van der Waals surface area contributed by atoms with Crippen LogP contribution in [0.1, 0.15) is 11.1 Å². The third-order valence-corrected chi connectivity index (χ3v) is 2.74. The first-order chi connectivity index (χ1) is 9.63. The van der Waals surface area contributed by atoms with Crippen molar-refractivity contribution in [1.82, 2.24) is 4.98 Å². The zero-order valence-electron chi connectivity index (χ0n) is 10.4. The molecule has 2 rings (SSSR count). The molecule has 1 aromatic heterocycles. The summed E-state index contributed by atoms with van der Waals surface area (Å²) in [7, 11) is 0. The third kappa shape index (κ3) is 2.62. The quantitative estimate of drug-likeness (QED) is 0.521. The Labute approximate surface area is 114 Å². The van der Waals surface area contributed by atoms with Crippen molar-refractivity contribution in [2.24, 2.45) is 5.73 Å². The van der Waals surface area contributed by atoms with Gasteiger partial charge in [0.2, 0.25) is 0 Å². The number of allylic oxidation sites excluding steroid dienone is 1. The van der Waals surface area contributed by atoms with Crippen molar-refractivity contribution in [3.05, 3.63) is 70.0 Å². The zero-order chi connectivity index (χ0) is 14.5. The van der Waals surface area contributed by atoms with Crippen LogP contribution in [0.4, 0.5) is 5.69 Å². The molecule has 0 spiro atoms. The van der Waals surface area contributed by atoms with Crippen LogP contribution in [-0.2, 0) is 0 Å². The Morgan fingerprint density at radius 1 is 1.15 bits per heavy atom. The van der Waals surface area contributed by atoms with Crippen molar-refractivity contribution in [2.75, 3.05) is 0 Å². The number of nitro groups is 1. The average molecular weight is 266 g/mol. The average Bonchev–Trinajstić information content (AvgIpc) is 2.49. The highest BCUT2D eigenvalue weighted by atomic mass is 16.6. The summed E-state index contributed by atoms with van der Waals surface area (Å²) in [5, 5.41) is 19.8. The molecule has 98 valence electrons. The third-order valence-electron chi connectivity index (χ3n) is 2.74. The molecular weight excluding hydrogens is 256 g/mol. The lowest BCUT2D eigenvalue weighted by Gasteiger charge is -2.06. The fraction of sp³-hybridized carbons (Fsp3) is 0. The van der Waals surface area contributed by atoms with Crippen molar-refractivity contribution >= 4 is 17.0 Å². The van der Waals surface area contributed by atoms with Crippen LogP contribution in [0.25, 0.3) is 11.3 Å². The van der Waals surface area contributed by atoms with Gasteiger partial charge in [-0.1, -0.05) is 0 Å². The SMILES string of the molecule is N#C/C(=C(/N)c1ccc([N+](=O)[O-])cc1)c1ccncc1. The van der Waals surface area contributed by atoms with Gasteiger partial charge in [-0.15, -0.1) is 0 Å². The van der Waals surface area contributed by atoms with Crippen molar-refractivity contribution in [3.63, 3.8) is 0 Å². The van der Waals surface area contributed by atoms with Crippen LogP contribution in [0.3, 0.4) is 0 Å². The first-order valence-corrected chi connectivity index (χ1v) is 5.68. The van der Waals surface area contributed by atoms with E-state index >= 15 is 0 Å². The fourth-order valence-electron chi connectivity index (χ4n) is 1.71. The summed E-state index contributed by atoms with van der Waals surface area (Å²) >= 11 is 0. The summed E-state index contributed by atoms with van der Waals surface area (Å²) < 4.78 is 0. The number of hydrogen-bond donors (Lipinski definition) is 1. The van der Waals surface area contributed by atoms with E-state index in [9.17, 15) is 15.4 Å². The Hall–Kier alpha value is -3.20. The molecule has 0 amide bonds. The first-order valence-electron chi connectivity index (χ1n) is 5.68. The number of pyridine rings is 1. The summed E-state index contributed by atoms with van der Waals surface area (Å²) in [6.07, 6.45) is 3.13. The number of nitriles is 1. The van der Waals surface area contributed by atoms with Gasteiger partial charge in [-0.2, -0.15) is 5.26 Å². The lowest BCUT2D eigenvalue weighted by molar-refractivity contribution is -0.384. The van der Waals surface area contributed by atoms with E-state index in [2.05, 4.69) is 4.98 Å². The van der Waals surface area contributed by atoms with Crippen LogP contribution in [0.15, 0.2) is 48.8 Å². The van der Waals surface area contributed by atoms with E-state index in [-0.39, 0.29) is 11.4 Å². The van der Waals surface area contributed by atoms with Crippen LogP contribution >= 0.6 is 0 Å². The maximum atomic E-state index is 10.6. The molecule has 2 aromatic rings. The molecule has 0 radical (unpaired) electrons. The molecule has 2 N–H and O–H groups in total. The van der Waals surface area contributed by atoms with E-state index < -0.39 is 4.92 Å². The highest BCUT2D eigenvalue weighted by Gasteiger charge is 2.10. The van der Waals surface area contributed by atoms with Gasteiger partial charge in [-0.25, -0.2) is 0 Å². The van der Waals surface area contributed by atoms with E-state index in [1.54, 1.807) is 24.5 Å². The van der Waals surface area contributed by atoms with Crippen molar-refractivity contribution in [1.29, 1.82) is 5.26 Å². The number of nitrogens with zero attached hydrogens (tertiary/aromatic N) is 3. The fourth-order valence-corrected chi connectivity index (χ4v) is 1.71. The van der Waals surface area contributed by atoms with Crippen LogP contribution < -0.4 is 5.73 Å². The number of nitrogens with two attached hydrogens (primary N) is 1. The summed E-state index contributed by atoms with van der Waals surface area (Å²) in [6.45, 7) is 0. The number of benzene rings is 1. The molecule has 0 saturated heterocycles. The molecule has 6 heteroatoms. The topological polar surface area (TPSA) is 106 Å². The van der Waals surface area contributed by atoms with Gasteiger partial charge in [-0.05, 0) is 35.4 Å². The number of nitro benzene ring substituents is 1. The Kier molecular flexibility index (Phi) is 3.72. The largest absolute Gasteiger partial charge is 0.397 e. The Bertz CT molecular complexity index is 700. The highest BCUT2D eigenvalue weighted by Crippen LogP contribution is 2.23. The molecule has 1 heterocycles. The van der Waals surface area contributed by atoms with Gasteiger partial charge in [-0.3, -0.25) is 15.1 Å². The van der Waals surface area contributed by atoms with Crippen LogP contribution in [-0.4, -0.2) is 9.91 Å². The normalized spacial score (nSPS) is 11.3. The van der Waals surface area contributed by atoms with Gasteiger partial charge in [0.05, 0.1) is 16.2 Å². The van der Waals surface area contributed by atoms with Crippen LogP contribution in [0.2, 0.25) is 0 Å². The number of rotatable bonds is 3. The van der Waals surface area contributed by atoms with E-state index in [0.29, 0.717) is 16.7 Å². The summed E-state index contributed by atoms with van der Waals surface area (Å²) in [4.78, 5) is 14.0. The van der Waals surface area contributed by atoms with E-state index in [1.807, 2.05) is 6.07 Å². The summed E-state index contributed by atoms with van der Waals surface area (Å²) in [6, 6.07) is 11.1. The lowest BCUT2D eigenvalue weighted by Crippen LogP contribution is -2.01. The minimum Gasteiger partial charge on any atom is -0.397 e. The van der Waals surface area contributed by atoms with Crippen molar-refractivity contribution in [2.45, 2.75) is 0 Å². The van der Waals surface area contributed by atoms with E-state index in [1.165, 1.54) is 24.3 Å². The molecular formula is C14H10N4O2. The maximum absolute atomic E-state index is 10.6. The van der Waals surface area contributed by atoms with E-state index in [4.69, 9.17) is 5.73 Å². The number of aromatic nitrogens is 1. The molecule has 0 aliphatic heterocycles. The summed E-state index contributed by atoms with van der Waals surface area (Å²) in [5.41, 5.74) is 7.74. The minimum atomic E-state index is -0.488. The molecule has 0 fully saturated rings. The molecule has 0 saturated carbocycles. The zero-order valence-corrected chi connectivity index (χ0v) is 10.4. The standard InChI is InChI=1S/C14H10N4O2/c15-9-13(10-5-7-17-8-6-10)14(16)11-1-3-12(4-2-11)18(19)20/h1-8H,16H2/b14-13-. The van der Waals surface area contributed by atoms with Gasteiger partial charge in [0, 0.05) is 24.5 Å². The monoisotopic (exact) mass is 266 g/mol. The first kappa shape index (κ1) is 13.2. The predicted molar refractivity (Wildman–Crippen MR) is 73.9 cm³/mol. The van der Waals surface area contributed by atoms with Gasteiger partial charge in [0.1, 0.15) is 6.07 Å². The minimum absolute atomic E-state index is 0.0241. The van der Waals surface area contributed by atoms with E-state index in [0.717, 1.165) is 0 Å². The van der Waals surface area contributed by atoms with Crippen molar-refractivity contribution in [3.8, 4) is 6.07 Å². The Morgan fingerprint density at radius 2 is 1.75 bits per heavy atom. The van der Waals surface area contributed by atoms with Gasteiger partial charge in [0.15, 0.2) is 0 Å². The van der Waals surface area contributed by atoms with Crippen LogP contribution in [0, 0.1) is 21.4 Å². The molecule has 0 aliphatic rings. The molecule has 1 aromatic carbocycles. The molecule has 6 nitrogen and oxygen atoms in total. The number of non-ortho nitro benzene ring substituents is 1. The van der Waals surface area contributed by atoms with Gasteiger partial charge < -0.3 is 5.73 Å². The molecule has 0 bridgehead atoms. The Morgan fingerprint density at radius 3 is 2.25 bits per heavy atom. The molecule has 0 atom stereocenters. The predicted octanol–water partition coefficient (Wildman–Crippen LogP) is 2.34. The Balaban J connectivity index is 2.47. The van der Waals surface area contributed by atoms with Gasteiger partial charge >= 0.3 is 0 Å². The molecule has 0 aliphatic carbocycles. The number of hydrogen-bond acceptors (Lipinski definition) is 5. The maximum Gasteiger partial charge on any atom is 0.269 e. The highest BCUT2D eigenvalue weighted by molar-refractivity contribution is 5.95. The smallest absolute Gasteiger partial charge is 0.269 e. The summed E-state index contributed by atoms with van der Waals surface area (Å²) in [5.74, 6) is 0. The van der Waals surface area contributed by atoms with Crippen LogP contribution in [0.5, 0.6) is 0 Å². The second kappa shape index (κ2) is 5.63. The molecule has 20 heavy (non-hydrogen) atoms. The van der Waals surface area contributed by atoms with Crippen molar-refractivity contribution < 1.29 is 4.92 Å². The second-order valence-corrected chi connectivity index (χ2v) is 3.94. The lowest BCUT2D eigenvalue weighted by atomic mass is 10.0.